The van der Waals surface area contributed by atoms with Gasteiger partial charge < -0.3 is 14.5 Å². The molecule has 1 aliphatic rings. The SMILES string of the molecule is CCOC(C)C(=O)N1CCCN(c2ccc(F)c(F)c2)CC1. The lowest BCUT2D eigenvalue weighted by atomic mass is 10.2. The van der Waals surface area contributed by atoms with Gasteiger partial charge in [-0.1, -0.05) is 0 Å². The summed E-state index contributed by atoms with van der Waals surface area (Å²) in [6.45, 7) is 6.61. The van der Waals surface area contributed by atoms with Crippen molar-refractivity contribution in [2.45, 2.75) is 26.4 Å². The number of halogens is 2. The number of carbonyl (C=O) groups is 1. The zero-order chi connectivity index (χ0) is 16.1. The quantitative estimate of drug-likeness (QED) is 0.856. The summed E-state index contributed by atoms with van der Waals surface area (Å²) in [6.07, 6.45) is 0.337. The summed E-state index contributed by atoms with van der Waals surface area (Å²) >= 11 is 0. The molecule has 1 atom stereocenters. The minimum Gasteiger partial charge on any atom is -0.370 e. The smallest absolute Gasteiger partial charge is 0.251 e. The molecule has 1 heterocycles. The third-order valence-electron chi connectivity index (χ3n) is 3.84. The second-order valence-electron chi connectivity index (χ2n) is 5.36. The number of rotatable bonds is 4. The normalized spacial score (nSPS) is 17.3. The van der Waals surface area contributed by atoms with Gasteiger partial charge in [0.05, 0.1) is 0 Å². The summed E-state index contributed by atoms with van der Waals surface area (Å²) in [5.74, 6) is -1.71. The van der Waals surface area contributed by atoms with Crippen LogP contribution in [0.4, 0.5) is 14.5 Å². The number of nitrogens with zero attached hydrogens (tertiary/aromatic N) is 2. The molecule has 4 nitrogen and oxygen atoms in total. The van der Waals surface area contributed by atoms with E-state index in [1.165, 1.54) is 6.07 Å². The Balaban J connectivity index is 2.00. The maximum Gasteiger partial charge on any atom is 0.251 e. The monoisotopic (exact) mass is 312 g/mol. The van der Waals surface area contributed by atoms with Gasteiger partial charge in [-0.3, -0.25) is 4.79 Å². The number of anilines is 1. The number of amides is 1. The Kier molecular flexibility index (Phi) is 5.71. The van der Waals surface area contributed by atoms with Gasteiger partial charge >= 0.3 is 0 Å². The standard InChI is InChI=1S/C16H22F2N2O2/c1-3-22-12(2)16(21)20-8-4-7-19(9-10-20)13-5-6-14(17)15(18)11-13/h5-6,11-12H,3-4,7-10H2,1-2H3. The second kappa shape index (κ2) is 7.54. The molecule has 1 unspecified atom stereocenters. The maximum absolute atomic E-state index is 13.3. The molecule has 2 rings (SSSR count). The van der Waals surface area contributed by atoms with Gasteiger partial charge in [-0.15, -0.1) is 0 Å². The van der Waals surface area contributed by atoms with Crippen molar-refractivity contribution in [3.63, 3.8) is 0 Å². The lowest BCUT2D eigenvalue weighted by molar-refractivity contribution is -0.142. The van der Waals surface area contributed by atoms with Crippen LogP contribution in [0.15, 0.2) is 18.2 Å². The lowest BCUT2D eigenvalue weighted by Crippen LogP contribution is -2.41. The molecule has 1 aromatic rings. The highest BCUT2D eigenvalue weighted by Gasteiger charge is 2.23. The second-order valence-corrected chi connectivity index (χ2v) is 5.36. The van der Waals surface area contributed by atoms with Crippen molar-refractivity contribution in [2.24, 2.45) is 0 Å². The summed E-state index contributed by atoms with van der Waals surface area (Å²) in [5, 5.41) is 0. The Bertz CT molecular complexity index is 525. The zero-order valence-electron chi connectivity index (χ0n) is 13.0. The molecule has 1 aromatic carbocycles. The minimum absolute atomic E-state index is 0.0195. The Labute approximate surface area is 129 Å². The van der Waals surface area contributed by atoms with E-state index >= 15 is 0 Å². The Morgan fingerprint density at radius 2 is 2.00 bits per heavy atom. The highest BCUT2D eigenvalue weighted by atomic mass is 19.2. The number of hydrogen-bond donors (Lipinski definition) is 0. The van der Waals surface area contributed by atoms with Crippen LogP contribution in [0, 0.1) is 11.6 Å². The predicted octanol–water partition coefficient (Wildman–Crippen LogP) is 2.43. The van der Waals surface area contributed by atoms with E-state index in [2.05, 4.69) is 0 Å². The summed E-state index contributed by atoms with van der Waals surface area (Å²) in [5.41, 5.74) is 0.644. The number of benzene rings is 1. The van der Waals surface area contributed by atoms with Crippen LogP contribution in [0.1, 0.15) is 20.3 Å². The van der Waals surface area contributed by atoms with Crippen LogP contribution in [0.3, 0.4) is 0 Å². The van der Waals surface area contributed by atoms with Gasteiger partial charge in [-0.25, -0.2) is 8.78 Å². The molecule has 0 spiro atoms. The molecule has 22 heavy (non-hydrogen) atoms. The van der Waals surface area contributed by atoms with E-state index in [0.29, 0.717) is 38.5 Å². The maximum atomic E-state index is 13.3. The fourth-order valence-electron chi connectivity index (χ4n) is 2.66. The highest BCUT2D eigenvalue weighted by Crippen LogP contribution is 2.20. The van der Waals surface area contributed by atoms with E-state index in [1.54, 1.807) is 17.9 Å². The summed E-state index contributed by atoms with van der Waals surface area (Å²) in [7, 11) is 0. The van der Waals surface area contributed by atoms with Gasteiger partial charge in [0.1, 0.15) is 6.10 Å². The van der Waals surface area contributed by atoms with E-state index in [-0.39, 0.29) is 5.91 Å². The molecule has 0 aliphatic carbocycles. The van der Waals surface area contributed by atoms with Crippen molar-refractivity contribution in [1.82, 2.24) is 4.90 Å². The van der Waals surface area contributed by atoms with Gasteiger partial charge in [0.2, 0.25) is 0 Å². The van der Waals surface area contributed by atoms with Crippen molar-refractivity contribution in [2.75, 3.05) is 37.7 Å². The molecule has 6 heteroatoms. The number of ether oxygens (including phenoxy) is 1. The van der Waals surface area contributed by atoms with Gasteiger partial charge in [-0.2, -0.15) is 0 Å². The van der Waals surface area contributed by atoms with Crippen LogP contribution >= 0.6 is 0 Å². The van der Waals surface area contributed by atoms with E-state index in [9.17, 15) is 13.6 Å². The molecule has 1 amide bonds. The summed E-state index contributed by atoms with van der Waals surface area (Å²) < 4.78 is 31.7. The van der Waals surface area contributed by atoms with Crippen LogP contribution in [-0.2, 0) is 9.53 Å². The molecular weight excluding hydrogens is 290 g/mol. The van der Waals surface area contributed by atoms with Crippen molar-refractivity contribution >= 4 is 11.6 Å². The van der Waals surface area contributed by atoms with E-state index < -0.39 is 17.7 Å². The molecule has 0 radical (unpaired) electrons. The molecule has 122 valence electrons. The van der Waals surface area contributed by atoms with Crippen LogP contribution in [0.25, 0.3) is 0 Å². The van der Waals surface area contributed by atoms with Gasteiger partial charge in [0, 0.05) is 44.5 Å². The topological polar surface area (TPSA) is 32.8 Å². The third kappa shape index (κ3) is 3.94. The van der Waals surface area contributed by atoms with Crippen LogP contribution in [0.2, 0.25) is 0 Å². The molecule has 1 aliphatic heterocycles. The Morgan fingerprint density at radius 1 is 1.23 bits per heavy atom. The fraction of sp³-hybridized carbons (Fsp3) is 0.562. The first-order valence-corrected chi connectivity index (χ1v) is 7.63. The third-order valence-corrected chi connectivity index (χ3v) is 3.84. The predicted molar refractivity (Wildman–Crippen MR) is 80.9 cm³/mol. The Hall–Kier alpha value is -1.69. The molecule has 0 bridgehead atoms. The molecule has 0 saturated carbocycles. The first-order chi connectivity index (χ1) is 10.5. The van der Waals surface area contributed by atoms with Gasteiger partial charge in [0.25, 0.3) is 5.91 Å². The van der Waals surface area contributed by atoms with Gasteiger partial charge in [0.15, 0.2) is 11.6 Å². The lowest BCUT2D eigenvalue weighted by Gasteiger charge is -2.25. The van der Waals surface area contributed by atoms with Crippen LogP contribution in [-0.4, -0.2) is 49.7 Å². The van der Waals surface area contributed by atoms with Gasteiger partial charge in [-0.05, 0) is 32.4 Å². The number of hydrogen-bond acceptors (Lipinski definition) is 3. The molecule has 0 N–H and O–H groups in total. The summed E-state index contributed by atoms with van der Waals surface area (Å²) in [6, 6.07) is 3.91. The van der Waals surface area contributed by atoms with Crippen molar-refractivity contribution in [1.29, 1.82) is 0 Å². The first kappa shape index (κ1) is 16.7. The minimum atomic E-state index is -0.848. The largest absolute Gasteiger partial charge is 0.370 e. The summed E-state index contributed by atoms with van der Waals surface area (Å²) in [4.78, 5) is 16.0. The molecular formula is C16H22F2N2O2. The first-order valence-electron chi connectivity index (χ1n) is 7.63. The average Bonchev–Trinajstić information content (AvgIpc) is 2.75. The van der Waals surface area contributed by atoms with E-state index in [0.717, 1.165) is 12.5 Å². The van der Waals surface area contributed by atoms with Crippen molar-refractivity contribution in [3.8, 4) is 0 Å². The average molecular weight is 312 g/mol. The number of carbonyl (C=O) groups excluding carboxylic acids is 1. The van der Waals surface area contributed by atoms with Crippen LogP contribution < -0.4 is 4.90 Å². The molecule has 1 fully saturated rings. The van der Waals surface area contributed by atoms with Crippen molar-refractivity contribution < 1.29 is 18.3 Å². The van der Waals surface area contributed by atoms with E-state index in [1.807, 2.05) is 11.8 Å². The fourth-order valence-corrected chi connectivity index (χ4v) is 2.66. The highest BCUT2D eigenvalue weighted by molar-refractivity contribution is 5.80. The molecule has 1 saturated heterocycles. The van der Waals surface area contributed by atoms with E-state index in [4.69, 9.17) is 4.74 Å². The van der Waals surface area contributed by atoms with Crippen LogP contribution in [0.5, 0.6) is 0 Å². The Morgan fingerprint density at radius 3 is 2.68 bits per heavy atom. The zero-order valence-corrected chi connectivity index (χ0v) is 13.0. The molecule has 0 aromatic heterocycles. The van der Waals surface area contributed by atoms with Crippen molar-refractivity contribution in [3.05, 3.63) is 29.8 Å².